The van der Waals surface area contributed by atoms with Gasteiger partial charge < -0.3 is 4.52 Å². The molecule has 1 aliphatic carbocycles. The monoisotopic (exact) mass is 260 g/mol. The summed E-state index contributed by atoms with van der Waals surface area (Å²) in [5.74, 6) is 0.811. The summed E-state index contributed by atoms with van der Waals surface area (Å²) >= 11 is 1.12. The van der Waals surface area contributed by atoms with E-state index in [1.54, 1.807) is 6.07 Å². The van der Waals surface area contributed by atoms with Crippen LogP contribution in [0.15, 0.2) is 16.8 Å². The van der Waals surface area contributed by atoms with E-state index < -0.39 is 0 Å². The topological polar surface area (TPSA) is 91.8 Å². The lowest BCUT2D eigenvalue weighted by molar-refractivity contribution is 0.101. The van der Waals surface area contributed by atoms with Crippen molar-refractivity contribution in [1.82, 2.24) is 10.1 Å². The van der Waals surface area contributed by atoms with E-state index in [2.05, 4.69) is 15.5 Å². The van der Waals surface area contributed by atoms with Gasteiger partial charge in [-0.2, -0.15) is 5.26 Å². The number of nitriles is 1. The number of hydrogen-bond donors (Lipinski definition) is 1. The van der Waals surface area contributed by atoms with Crippen molar-refractivity contribution in [2.24, 2.45) is 0 Å². The summed E-state index contributed by atoms with van der Waals surface area (Å²) in [6, 6.07) is 3.62. The van der Waals surface area contributed by atoms with E-state index in [4.69, 9.17) is 9.78 Å². The van der Waals surface area contributed by atoms with E-state index in [0.29, 0.717) is 15.9 Å². The standard InChI is InChI=1S/C11H8N4O2S/c12-4-7-5-13-11(18-7)14-10(16)8-3-9(17-15-8)6-1-2-6/h3,5-6H,1-2H2,(H,13,14,16). The van der Waals surface area contributed by atoms with Gasteiger partial charge in [-0.25, -0.2) is 4.98 Å². The fourth-order valence-electron chi connectivity index (χ4n) is 1.50. The smallest absolute Gasteiger partial charge is 0.279 e. The van der Waals surface area contributed by atoms with Crippen molar-refractivity contribution in [2.75, 3.05) is 5.32 Å². The molecule has 1 N–H and O–H groups in total. The minimum absolute atomic E-state index is 0.241. The molecular formula is C11H8N4O2S. The highest BCUT2D eigenvalue weighted by Gasteiger charge is 2.29. The number of aromatic nitrogens is 2. The molecule has 0 aliphatic heterocycles. The number of amides is 1. The van der Waals surface area contributed by atoms with Gasteiger partial charge in [0.1, 0.15) is 16.7 Å². The van der Waals surface area contributed by atoms with Crippen LogP contribution in [-0.4, -0.2) is 16.0 Å². The highest BCUT2D eigenvalue weighted by molar-refractivity contribution is 7.16. The molecule has 18 heavy (non-hydrogen) atoms. The predicted molar refractivity (Wildman–Crippen MR) is 63.3 cm³/mol. The Kier molecular flexibility index (Phi) is 2.57. The van der Waals surface area contributed by atoms with Gasteiger partial charge in [-0.05, 0) is 12.8 Å². The second-order valence-corrected chi connectivity index (χ2v) is 5.02. The maximum atomic E-state index is 11.8. The summed E-state index contributed by atoms with van der Waals surface area (Å²) in [5, 5.41) is 15.3. The first-order valence-electron chi connectivity index (χ1n) is 5.40. The Balaban J connectivity index is 1.71. The average molecular weight is 260 g/mol. The highest BCUT2D eigenvalue weighted by Crippen LogP contribution is 2.40. The second-order valence-electron chi connectivity index (χ2n) is 3.98. The molecule has 0 saturated heterocycles. The van der Waals surface area contributed by atoms with Crippen LogP contribution in [0, 0.1) is 11.3 Å². The van der Waals surface area contributed by atoms with Crippen LogP contribution in [-0.2, 0) is 0 Å². The number of hydrogen-bond acceptors (Lipinski definition) is 6. The largest absolute Gasteiger partial charge is 0.360 e. The van der Waals surface area contributed by atoms with E-state index in [-0.39, 0.29) is 11.6 Å². The Labute approximate surface area is 106 Å². The molecule has 2 aromatic rings. The molecule has 3 rings (SSSR count). The first-order valence-corrected chi connectivity index (χ1v) is 6.22. The molecule has 0 bridgehead atoms. The third-order valence-corrected chi connectivity index (χ3v) is 3.39. The summed E-state index contributed by atoms with van der Waals surface area (Å²) in [7, 11) is 0. The summed E-state index contributed by atoms with van der Waals surface area (Å²) in [6.45, 7) is 0. The molecule has 1 fully saturated rings. The van der Waals surface area contributed by atoms with E-state index in [0.717, 1.165) is 29.9 Å². The zero-order valence-electron chi connectivity index (χ0n) is 9.21. The first-order chi connectivity index (χ1) is 8.76. The zero-order chi connectivity index (χ0) is 12.5. The molecule has 2 heterocycles. The van der Waals surface area contributed by atoms with Gasteiger partial charge in [0.25, 0.3) is 5.91 Å². The van der Waals surface area contributed by atoms with Crippen LogP contribution in [0.3, 0.4) is 0 Å². The molecule has 1 aliphatic rings. The molecule has 1 saturated carbocycles. The van der Waals surface area contributed by atoms with E-state index in [1.807, 2.05) is 6.07 Å². The molecule has 0 aromatic carbocycles. The predicted octanol–water partition coefficient (Wildman–Crippen LogP) is 2.13. The molecule has 0 spiro atoms. The van der Waals surface area contributed by atoms with Crippen molar-refractivity contribution in [2.45, 2.75) is 18.8 Å². The lowest BCUT2D eigenvalue weighted by atomic mass is 10.3. The number of thiazole rings is 1. The van der Waals surface area contributed by atoms with Crippen molar-refractivity contribution in [1.29, 1.82) is 5.26 Å². The van der Waals surface area contributed by atoms with Crippen molar-refractivity contribution in [3.05, 3.63) is 28.6 Å². The third kappa shape index (κ3) is 2.10. The minimum atomic E-state index is -0.371. The number of nitrogens with one attached hydrogen (secondary N) is 1. The SMILES string of the molecule is N#Cc1cnc(NC(=O)c2cc(C3CC3)on2)s1. The van der Waals surface area contributed by atoms with Gasteiger partial charge in [0.15, 0.2) is 10.8 Å². The molecule has 0 radical (unpaired) electrons. The van der Waals surface area contributed by atoms with Crippen LogP contribution in [0.5, 0.6) is 0 Å². The van der Waals surface area contributed by atoms with Crippen LogP contribution in [0.1, 0.15) is 39.9 Å². The Morgan fingerprint density at radius 1 is 1.61 bits per heavy atom. The van der Waals surface area contributed by atoms with Gasteiger partial charge in [0.2, 0.25) is 0 Å². The number of anilines is 1. The molecule has 6 nitrogen and oxygen atoms in total. The van der Waals surface area contributed by atoms with Gasteiger partial charge in [-0.1, -0.05) is 16.5 Å². The van der Waals surface area contributed by atoms with Crippen LogP contribution < -0.4 is 5.32 Å². The van der Waals surface area contributed by atoms with Gasteiger partial charge in [-0.15, -0.1) is 0 Å². The van der Waals surface area contributed by atoms with Crippen molar-refractivity contribution >= 4 is 22.4 Å². The summed E-state index contributed by atoms with van der Waals surface area (Å²) in [4.78, 5) is 16.2. The lowest BCUT2D eigenvalue weighted by Gasteiger charge is -1.95. The highest BCUT2D eigenvalue weighted by atomic mass is 32.1. The number of carbonyl (C=O) groups is 1. The first kappa shape index (κ1) is 10.9. The Hall–Kier alpha value is -2.20. The van der Waals surface area contributed by atoms with E-state index in [9.17, 15) is 4.79 Å². The molecule has 0 atom stereocenters. The Bertz CT molecular complexity index is 636. The molecule has 7 heteroatoms. The fraction of sp³-hybridized carbons (Fsp3) is 0.273. The fourth-order valence-corrected chi connectivity index (χ4v) is 2.11. The van der Waals surface area contributed by atoms with E-state index in [1.165, 1.54) is 6.20 Å². The van der Waals surface area contributed by atoms with Crippen LogP contribution in [0.2, 0.25) is 0 Å². The van der Waals surface area contributed by atoms with Gasteiger partial charge >= 0.3 is 0 Å². The van der Waals surface area contributed by atoms with Gasteiger partial charge in [-0.3, -0.25) is 10.1 Å². The van der Waals surface area contributed by atoms with E-state index >= 15 is 0 Å². The normalized spacial score (nSPS) is 14.2. The average Bonchev–Trinajstić information content (AvgIpc) is 2.93. The molecule has 90 valence electrons. The summed E-state index contributed by atoms with van der Waals surface area (Å²) < 4.78 is 5.09. The minimum Gasteiger partial charge on any atom is -0.360 e. The van der Waals surface area contributed by atoms with Crippen LogP contribution in [0.25, 0.3) is 0 Å². The Morgan fingerprint density at radius 3 is 3.11 bits per heavy atom. The maximum absolute atomic E-state index is 11.8. The van der Waals surface area contributed by atoms with Crippen LogP contribution in [0.4, 0.5) is 5.13 Å². The number of nitrogens with zero attached hydrogens (tertiary/aromatic N) is 3. The second kappa shape index (κ2) is 4.23. The molecule has 0 unspecified atom stereocenters. The molecule has 1 amide bonds. The third-order valence-electron chi connectivity index (χ3n) is 2.58. The van der Waals surface area contributed by atoms with Crippen molar-refractivity contribution in [3.63, 3.8) is 0 Å². The molecular weight excluding hydrogens is 252 g/mol. The summed E-state index contributed by atoms with van der Waals surface area (Å²) in [5.41, 5.74) is 0.241. The van der Waals surface area contributed by atoms with Gasteiger partial charge in [0, 0.05) is 12.0 Å². The quantitative estimate of drug-likeness (QED) is 0.912. The number of rotatable bonds is 3. The maximum Gasteiger partial charge on any atom is 0.279 e. The zero-order valence-corrected chi connectivity index (χ0v) is 10.0. The molecule has 2 aromatic heterocycles. The Morgan fingerprint density at radius 2 is 2.44 bits per heavy atom. The summed E-state index contributed by atoms with van der Waals surface area (Å²) in [6.07, 6.45) is 3.60. The number of carbonyl (C=O) groups excluding carboxylic acids is 1. The van der Waals surface area contributed by atoms with Crippen molar-refractivity contribution < 1.29 is 9.32 Å². The van der Waals surface area contributed by atoms with Crippen molar-refractivity contribution in [3.8, 4) is 6.07 Å². The van der Waals surface area contributed by atoms with Crippen LogP contribution >= 0.6 is 11.3 Å². The lowest BCUT2D eigenvalue weighted by Crippen LogP contribution is -2.11. The van der Waals surface area contributed by atoms with Gasteiger partial charge in [0.05, 0.1) is 6.20 Å².